The summed E-state index contributed by atoms with van der Waals surface area (Å²) in [7, 11) is 0. The van der Waals surface area contributed by atoms with Gasteiger partial charge in [-0.2, -0.15) is 13.2 Å². The number of hydrogen-bond donors (Lipinski definition) is 7. The first-order valence-electron chi connectivity index (χ1n) is 14.0. The molecule has 2 atom stereocenters. The Balaban J connectivity index is 0.000000616. The van der Waals surface area contributed by atoms with E-state index < -0.39 is 90.1 Å². The number of hydrogen-bond acceptors (Lipinski definition) is 10. The Kier molecular flexibility index (Phi) is 15.1. The van der Waals surface area contributed by atoms with Crippen LogP contribution in [0.25, 0.3) is 11.3 Å². The van der Waals surface area contributed by atoms with Crippen LogP contribution in [-0.4, -0.2) is 64.2 Å². The van der Waals surface area contributed by atoms with Crippen LogP contribution in [0.4, 0.5) is 22.0 Å². The van der Waals surface area contributed by atoms with Gasteiger partial charge >= 0.3 is 24.1 Å². The van der Waals surface area contributed by atoms with Crippen LogP contribution >= 0.6 is 15.9 Å². The SMILES string of the molecule is N=C(N)NCCCC(N)C(=O)O.NC(=O)c1c(F)ccc(O[C@H](COC(=O)CCC(=O)O)c2nc(-c3ccc(C(F)(F)F)cc3)c(Br)o2)c1F. The standard InChI is InChI=1S/C23H16BrF5N2O7.C6H14N4O2/c24-20-19(10-1-3-11(4-2-10)23(27,28)29)31-22(38-20)14(9-36-16(34)8-7-15(32)33)37-13-6-5-12(25)17(18(13)26)21(30)35;7-4(5(11)12)2-1-3-10-6(8)9/h1-6,14H,7-9H2,(H2,30,35)(H,32,33);4H,1-3,7H2,(H,11,12)(H4,8,9,10)/t14-;/m1./s1. The zero-order valence-electron chi connectivity index (χ0n) is 25.6. The van der Waals surface area contributed by atoms with E-state index in [1.165, 1.54) is 0 Å². The normalized spacial score (nSPS) is 12.1. The predicted molar refractivity (Wildman–Crippen MR) is 165 cm³/mol. The number of oxazole rings is 1. The number of nitrogens with one attached hydrogen (secondary N) is 2. The van der Waals surface area contributed by atoms with Gasteiger partial charge in [-0.15, -0.1) is 0 Å². The molecule has 0 aliphatic rings. The molecular weight excluding hydrogens is 751 g/mol. The number of carbonyl (C=O) groups excluding carboxylic acids is 2. The number of esters is 1. The van der Waals surface area contributed by atoms with Gasteiger partial charge in [-0.1, -0.05) is 12.1 Å². The van der Waals surface area contributed by atoms with Gasteiger partial charge in [0.25, 0.3) is 5.91 Å². The van der Waals surface area contributed by atoms with Crippen molar-refractivity contribution in [2.24, 2.45) is 17.2 Å². The van der Waals surface area contributed by atoms with E-state index in [1.54, 1.807) is 0 Å². The summed E-state index contributed by atoms with van der Waals surface area (Å²) in [6, 6.07) is 4.57. The van der Waals surface area contributed by atoms with Gasteiger partial charge in [-0.25, -0.2) is 13.8 Å². The molecule has 15 nitrogen and oxygen atoms in total. The number of aromatic nitrogens is 1. The smallest absolute Gasteiger partial charge is 0.416 e. The zero-order valence-corrected chi connectivity index (χ0v) is 27.1. The van der Waals surface area contributed by atoms with Crippen LogP contribution in [0.1, 0.15) is 53.6 Å². The topological polar surface area (TPSA) is 267 Å². The van der Waals surface area contributed by atoms with Crippen molar-refractivity contribution in [3.05, 3.63) is 69.7 Å². The summed E-state index contributed by atoms with van der Waals surface area (Å²) in [5.74, 6) is -8.55. The van der Waals surface area contributed by atoms with E-state index in [0.717, 1.165) is 30.3 Å². The summed E-state index contributed by atoms with van der Waals surface area (Å²) in [5.41, 5.74) is 13.4. The quantitative estimate of drug-likeness (QED) is 0.0382. The number of benzene rings is 2. The van der Waals surface area contributed by atoms with Crippen molar-refractivity contribution in [1.82, 2.24) is 10.3 Å². The van der Waals surface area contributed by atoms with E-state index in [9.17, 15) is 41.1 Å². The Bertz CT molecular complexity index is 1690. The van der Waals surface area contributed by atoms with Crippen molar-refractivity contribution in [2.45, 2.75) is 44.0 Å². The van der Waals surface area contributed by atoms with E-state index in [4.69, 9.17) is 46.7 Å². The Morgan fingerprint density at radius 3 is 2.22 bits per heavy atom. The molecule has 10 N–H and O–H groups in total. The molecule has 0 radical (unpaired) electrons. The average Bonchev–Trinajstić information content (AvgIpc) is 3.42. The number of aliphatic carboxylic acids is 2. The molecule has 1 heterocycles. The van der Waals surface area contributed by atoms with Gasteiger partial charge in [0.2, 0.25) is 12.0 Å². The highest BCUT2D eigenvalue weighted by Gasteiger charge is 2.31. The molecule has 3 aromatic rings. The van der Waals surface area contributed by atoms with Crippen LogP contribution < -0.4 is 27.3 Å². The average molecular weight is 781 g/mol. The second-order valence-electron chi connectivity index (χ2n) is 9.96. The molecule has 0 saturated carbocycles. The summed E-state index contributed by atoms with van der Waals surface area (Å²) < 4.78 is 83.1. The number of halogens is 6. The Labute approximate surface area is 287 Å². The summed E-state index contributed by atoms with van der Waals surface area (Å²) in [6.45, 7) is -0.225. The maximum absolute atomic E-state index is 14.8. The Hall–Kier alpha value is -5.31. The van der Waals surface area contributed by atoms with Crippen LogP contribution in [-0.2, 0) is 25.3 Å². The van der Waals surface area contributed by atoms with Gasteiger partial charge in [-0.3, -0.25) is 24.6 Å². The second kappa shape index (κ2) is 18.5. The van der Waals surface area contributed by atoms with Crippen LogP contribution in [0, 0.1) is 17.0 Å². The number of carbonyl (C=O) groups is 4. The van der Waals surface area contributed by atoms with Gasteiger partial charge < -0.3 is 46.6 Å². The first-order chi connectivity index (χ1) is 23.3. The number of rotatable bonds is 15. The predicted octanol–water partition coefficient (Wildman–Crippen LogP) is 3.69. The number of amides is 1. The first kappa shape index (κ1) is 40.9. The van der Waals surface area contributed by atoms with Crippen LogP contribution in [0.5, 0.6) is 5.75 Å². The number of nitrogens with zero attached hydrogens (tertiary/aromatic N) is 1. The van der Waals surface area contributed by atoms with Gasteiger partial charge in [0.15, 0.2) is 22.2 Å². The van der Waals surface area contributed by atoms with Gasteiger partial charge in [0, 0.05) is 12.1 Å². The Morgan fingerprint density at radius 1 is 1.04 bits per heavy atom. The lowest BCUT2D eigenvalue weighted by Crippen LogP contribution is -2.34. The molecule has 0 spiro atoms. The third-order valence-corrected chi connectivity index (χ3v) is 6.74. The largest absolute Gasteiger partial charge is 0.481 e. The molecule has 2 aromatic carbocycles. The minimum Gasteiger partial charge on any atom is -0.481 e. The molecule has 1 unspecified atom stereocenters. The van der Waals surface area contributed by atoms with Crippen LogP contribution in [0.3, 0.4) is 0 Å². The molecule has 50 heavy (non-hydrogen) atoms. The van der Waals surface area contributed by atoms with Crippen molar-refractivity contribution in [1.29, 1.82) is 5.41 Å². The molecule has 21 heteroatoms. The van der Waals surface area contributed by atoms with E-state index >= 15 is 0 Å². The lowest BCUT2D eigenvalue weighted by atomic mass is 10.1. The maximum atomic E-state index is 14.8. The number of alkyl halides is 3. The molecule has 3 rings (SSSR count). The highest BCUT2D eigenvalue weighted by atomic mass is 79.9. The minimum absolute atomic E-state index is 0.0110. The number of carboxylic acid groups (broad SMARTS) is 2. The third kappa shape index (κ3) is 12.6. The molecule has 0 saturated heterocycles. The highest BCUT2D eigenvalue weighted by molar-refractivity contribution is 9.10. The number of ether oxygens (including phenoxy) is 2. The number of primary amides is 1. The fourth-order valence-electron chi connectivity index (χ4n) is 3.73. The van der Waals surface area contributed by atoms with Crippen molar-refractivity contribution in [3.8, 4) is 17.0 Å². The molecule has 0 aliphatic heterocycles. The number of guanidine groups is 1. The summed E-state index contributed by atoms with van der Waals surface area (Å²) in [4.78, 5) is 48.4. The zero-order chi connectivity index (χ0) is 37.8. The summed E-state index contributed by atoms with van der Waals surface area (Å²) in [6.07, 6.45) is -6.18. The third-order valence-electron chi connectivity index (χ3n) is 6.20. The summed E-state index contributed by atoms with van der Waals surface area (Å²) in [5, 5.41) is 26.4. The number of nitrogens with two attached hydrogens (primary N) is 3. The van der Waals surface area contributed by atoms with Crippen LogP contribution in [0.15, 0.2) is 45.5 Å². The Morgan fingerprint density at radius 2 is 1.68 bits per heavy atom. The molecule has 1 amide bonds. The molecule has 0 fully saturated rings. The van der Waals surface area contributed by atoms with E-state index in [-0.39, 0.29) is 27.8 Å². The second-order valence-corrected chi connectivity index (χ2v) is 10.7. The van der Waals surface area contributed by atoms with E-state index in [0.29, 0.717) is 25.5 Å². The number of carboxylic acids is 2. The first-order valence-corrected chi connectivity index (χ1v) is 14.8. The van der Waals surface area contributed by atoms with Gasteiger partial charge in [0.1, 0.15) is 29.7 Å². The maximum Gasteiger partial charge on any atom is 0.416 e. The van der Waals surface area contributed by atoms with E-state index in [1.807, 2.05) is 0 Å². The molecule has 0 bridgehead atoms. The van der Waals surface area contributed by atoms with E-state index in [2.05, 4.69) is 26.2 Å². The fourth-order valence-corrected chi connectivity index (χ4v) is 4.21. The molecule has 272 valence electrons. The monoisotopic (exact) mass is 780 g/mol. The molecule has 0 aliphatic carbocycles. The molecule has 1 aromatic heterocycles. The fraction of sp³-hybridized carbons (Fsp3) is 0.310. The van der Waals surface area contributed by atoms with Gasteiger partial charge in [0.05, 0.1) is 18.4 Å². The highest BCUT2D eigenvalue weighted by Crippen LogP contribution is 2.36. The van der Waals surface area contributed by atoms with Crippen molar-refractivity contribution >= 4 is 45.7 Å². The van der Waals surface area contributed by atoms with Crippen molar-refractivity contribution < 1.29 is 65.2 Å². The lowest BCUT2D eigenvalue weighted by Gasteiger charge is -2.17. The minimum atomic E-state index is -4.57. The molecular formula is C29H30BrF5N6O9. The van der Waals surface area contributed by atoms with Crippen molar-refractivity contribution in [2.75, 3.05) is 13.2 Å². The van der Waals surface area contributed by atoms with Crippen molar-refractivity contribution in [3.63, 3.8) is 0 Å². The summed E-state index contributed by atoms with van der Waals surface area (Å²) >= 11 is 3.08. The lowest BCUT2D eigenvalue weighted by molar-refractivity contribution is -0.150. The van der Waals surface area contributed by atoms with Gasteiger partial charge in [-0.05, 0) is 53.0 Å². The van der Waals surface area contributed by atoms with Crippen LogP contribution in [0.2, 0.25) is 0 Å².